The zero-order valence-electron chi connectivity index (χ0n) is 15.7. The van der Waals surface area contributed by atoms with Crippen molar-refractivity contribution in [1.82, 2.24) is 0 Å². The van der Waals surface area contributed by atoms with E-state index in [1.807, 2.05) is 61.5 Å². The molecular formula is C24H21ClO3. The summed E-state index contributed by atoms with van der Waals surface area (Å²) < 4.78 is 11.5. The Kier molecular flexibility index (Phi) is 5.36. The molecule has 4 heteroatoms. The highest BCUT2D eigenvalue weighted by Crippen LogP contribution is 2.45. The van der Waals surface area contributed by atoms with E-state index in [-0.39, 0.29) is 12.1 Å². The fourth-order valence-electron chi connectivity index (χ4n) is 3.54. The Morgan fingerprint density at radius 2 is 1.61 bits per heavy atom. The van der Waals surface area contributed by atoms with Crippen LogP contribution in [0.1, 0.15) is 35.6 Å². The molecule has 0 bridgehead atoms. The number of ether oxygens (including phenoxy) is 2. The first kappa shape index (κ1) is 18.6. The first-order valence-electron chi connectivity index (χ1n) is 9.40. The van der Waals surface area contributed by atoms with Gasteiger partial charge in [0.25, 0.3) is 0 Å². The summed E-state index contributed by atoms with van der Waals surface area (Å²) in [6.45, 7) is 2.39. The second-order valence-corrected chi connectivity index (χ2v) is 7.31. The maximum atomic E-state index is 12.4. The van der Waals surface area contributed by atoms with Crippen molar-refractivity contribution >= 4 is 17.6 Å². The van der Waals surface area contributed by atoms with Crippen LogP contribution in [0.5, 0.6) is 5.75 Å². The summed E-state index contributed by atoms with van der Waals surface area (Å²) in [7, 11) is 0. The second-order valence-electron chi connectivity index (χ2n) is 6.91. The zero-order valence-corrected chi connectivity index (χ0v) is 16.4. The summed E-state index contributed by atoms with van der Waals surface area (Å²) in [5.41, 5.74) is 5.33. The summed E-state index contributed by atoms with van der Waals surface area (Å²) >= 11 is 6.02. The van der Waals surface area contributed by atoms with Gasteiger partial charge < -0.3 is 9.47 Å². The van der Waals surface area contributed by atoms with Gasteiger partial charge in [0.2, 0.25) is 0 Å². The number of halogens is 1. The Bertz CT molecular complexity index is 967. The van der Waals surface area contributed by atoms with Crippen LogP contribution >= 0.6 is 11.6 Å². The van der Waals surface area contributed by atoms with Gasteiger partial charge in [0.05, 0.1) is 6.61 Å². The lowest BCUT2D eigenvalue weighted by Crippen LogP contribution is -2.12. The second kappa shape index (κ2) is 8.07. The van der Waals surface area contributed by atoms with Crippen LogP contribution in [0.4, 0.5) is 0 Å². The monoisotopic (exact) mass is 392 g/mol. The molecular weight excluding hydrogens is 372 g/mol. The molecule has 0 aromatic heterocycles. The van der Waals surface area contributed by atoms with E-state index in [0.29, 0.717) is 24.5 Å². The highest BCUT2D eigenvalue weighted by atomic mass is 35.5. The Morgan fingerprint density at radius 3 is 2.25 bits per heavy atom. The Balaban J connectivity index is 1.35. The van der Waals surface area contributed by atoms with Crippen LogP contribution in [0.25, 0.3) is 11.1 Å². The molecule has 0 aliphatic heterocycles. The van der Waals surface area contributed by atoms with Crippen LogP contribution < -0.4 is 4.74 Å². The molecule has 0 spiro atoms. The number of hydrogen-bond donors (Lipinski definition) is 0. The summed E-state index contributed by atoms with van der Waals surface area (Å²) in [5, 5.41) is 0.716. The minimum absolute atomic E-state index is 0.215. The van der Waals surface area contributed by atoms with Gasteiger partial charge in [0.15, 0.2) is 6.10 Å². The van der Waals surface area contributed by atoms with Crippen molar-refractivity contribution in [3.8, 4) is 16.9 Å². The molecule has 0 unspecified atom stereocenters. The van der Waals surface area contributed by atoms with Crippen LogP contribution in [0.3, 0.4) is 0 Å². The van der Waals surface area contributed by atoms with E-state index in [1.165, 1.54) is 0 Å². The summed E-state index contributed by atoms with van der Waals surface area (Å²) in [4.78, 5) is 12.4. The van der Waals surface area contributed by atoms with Crippen molar-refractivity contribution in [2.24, 2.45) is 0 Å². The van der Waals surface area contributed by atoms with Gasteiger partial charge >= 0.3 is 5.97 Å². The highest BCUT2D eigenvalue weighted by molar-refractivity contribution is 6.31. The minimum atomic E-state index is -0.334. The Labute approximate surface area is 169 Å². The fourth-order valence-corrected chi connectivity index (χ4v) is 3.66. The lowest BCUT2D eigenvalue weighted by atomic mass is 10.1. The minimum Gasteiger partial charge on any atom is -0.494 e. The number of benzene rings is 3. The molecule has 0 atom stereocenters. The summed E-state index contributed by atoms with van der Waals surface area (Å²) in [6, 6.07) is 21.7. The third kappa shape index (κ3) is 3.76. The molecule has 3 aromatic rings. The summed E-state index contributed by atoms with van der Waals surface area (Å²) in [6.07, 6.45) is 0.573. The lowest BCUT2D eigenvalue weighted by Gasteiger charge is -2.15. The predicted octanol–water partition coefficient (Wildman–Crippen LogP) is 6.12. The normalized spacial score (nSPS) is 12.4. The molecule has 3 aromatic carbocycles. The summed E-state index contributed by atoms with van der Waals surface area (Å²) in [5.74, 6) is 0.543. The quantitative estimate of drug-likeness (QED) is 0.374. The third-order valence-corrected chi connectivity index (χ3v) is 5.37. The lowest BCUT2D eigenvalue weighted by molar-refractivity contribution is -0.147. The van der Waals surface area contributed by atoms with Gasteiger partial charge in [-0.05, 0) is 48.2 Å². The standard InChI is InChI=1S/C24H21ClO3/c1-16-15-17(12-13-22(16)25)27-14-6-11-23(26)28-24-20-9-4-2-7-18(20)19-8-3-5-10-21(19)24/h2-5,7-10,12-13,15,24H,6,11,14H2,1H3. The number of carbonyl (C=O) groups is 1. The van der Waals surface area contributed by atoms with Gasteiger partial charge in [0.1, 0.15) is 5.75 Å². The first-order valence-corrected chi connectivity index (χ1v) is 9.78. The molecule has 28 heavy (non-hydrogen) atoms. The molecule has 0 saturated carbocycles. The van der Waals surface area contributed by atoms with Crippen LogP contribution in [0, 0.1) is 6.92 Å². The fraction of sp³-hybridized carbons (Fsp3) is 0.208. The van der Waals surface area contributed by atoms with Gasteiger partial charge in [-0.3, -0.25) is 4.79 Å². The van der Waals surface area contributed by atoms with Gasteiger partial charge in [0, 0.05) is 22.6 Å². The highest BCUT2D eigenvalue weighted by Gasteiger charge is 2.30. The Morgan fingerprint density at radius 1 is 0.964 bits per heavy atom. The van der Waals surface area contributed by atoms with Crippen molar-refractivity contribution in [2.75, 3.05) is 6.61 Å². The largest absolute Gasteiger partial charge is 0.494 e. The molecule has 0 radical (unpaired) electrons. The Hall–Kier alpha value is -2.78. The maximum absolute atomic E-state index is 12.4. The third-order valence-electron chi connectivity index (χ3n) is 4.95. The number of rotatable bonds is 6. The average molecular weight is 393 g/mol. The topological polar surface area (TPSA) is 35.5 Å². The first-order chi connectivity index (χ1) is 13.6. The number of aryl methyl sites for hydroxylation is 1. The van der Waals surface area contributed by atoms with Crippen molar-refractivity contribution in [2.45, 2.75) is 25.9 Å². The van der Waals surface area contributed by atoms with Gasteiger partial charge in [-0.1, -0.05) is 60.1 Å². The van der Waals surface area contributed by atoms with Gasteiger partial charge in [-0.25, -0.2) is 0 Å². The molecule has 0 saturated heterocycles. The van der Waals surface area contributed by atoms with Crippen LogP contribution in [-0.4, -0.2) is 12.6 Å². The van der Waals surface area contributed by atoms with E-state index >= 15 is 0 Å². The number of fused-ring (bicyclic) bond motifs is 3. The van der Waals surface area contributed by atoms with E-state index in [2.05, 4.69) is 12.1 Å². The van der Waals surface area contributed by atoms with Crippen molar-refractivity contribution in [1.29, 1.82) is 0 Å². The maximum Gasteiger partial charge on any atom is 0.306 e. The molecule has 142 valence electrons. The van der Waals surface area contributed by atoms with Crippen molar-refractivity contribution in [3.05, 3.63) is 88.4 Å². The molecule has 0 amide bonds. The van der Waals surface area contributed by atoms with Crippen LogP contribution in [0.2, 0.25) is 5.02 Å². The molecule has 3 nitrogen and oxygen atoms in total. The van der Waals surface area contributed by atoms with Crippen molar-refractivity contribution in [3.63, 3.8) is 0 Å². The molecule has 1 aliphatic carbocycles. The predicted molar refractivity (Wildman–Crippen MR) is 111 cm³/mol. The van der Waals surface area contributed by atoms with E-state index in [1.54, 1.807) is 0 Å². The number of esters is 1. The van der Waals surface area contributed by atoms with Gasteiger partial charge in [-0.2, -0.15) is 0 Å². The SMILES string of the molecule is Cc1cc(OCCCC(=O)OC2c3ccccc3-c3ccccc32)ccc1Cl. The zero-order chi connectivity index (χ0) is 19.5. The van der Waals surface area contributed by atoms with Crippen LogP contribution in [0.15, 0.2) is 66.7 Å². The molecule has 0 fully saturated rings. The molecule has 1 aliphatic rings. The number of hydrogen-bond acceptors (Lipinski definition) is 3. The van der Waals surface area contributed by atoms with E-state index in [4.69, 9.17) is 21.1 Å². The van der Waals surface area contributed by atoms with Gasteiger partial charge in [-0.15, -0.1) is 0 Å². The smallest absolute Gasteiger partial charge is 0.306 e. The molecule has 0 N–H and O–H groups in total. The average Bonchev–Trinajstić information content (AvgIpc) is 3.02. The molecule has 4 rings (SSSR count). The number of carbonyl (C=O) groups excluding carboxylic acids is 1. The van der Waals surface area contributed by atoms with Crippen molar-refractivity contribution < 1.29 is 14.3 Å². The van der Waals surface area contributed by atoms with Crippen LogP contribution in [-0.2, 0) is 9.53 Å². The van der Waals surface area contributed by atoms with E-state index in [0.717, 1.165) is 33.6 Å². The van der Waals surface area contributed by atoms with E-state index < -0.39 is 0 Å². The molecule has 0 heterocycles. The van der Waals surface area contributed by atoms with E-state index in [9.17, 15) is 4.79 Å².